The fraction of sp³-hybridized carbons (Fsp3) is 0.385. The molecule has 0 bridgehead atoms. The molecular weight excluding hydrogens is 311 g/mol. The molecular formula is C13H18ClFN6O. The highest BCUT2D eigenvalue weighted by Gasteiger charge is 2.11. The Balaban J connectivity index is 0.00000242. The molecule has 0 spiro atoms. The van der Waals surface area contributed by atoms with E-state index < -0.39 is 5.82 Å². The number of rotatable bonds is 6. The van der Waals surface area contributed by atoms with Crippen molar-refractivity contribution >= 4 is 24.0 Å². The second-order valence-electron chi connectivity index (χ2n) is 4.56. The summed E-state index contributed by atoms with van der Waals surface area (Å²) in [4.78, 5) is 11.8. The molecule has 0 fully saturated rings. The number of benzene rings is 1. The Bertz CT molecular complexity index is 633. The van der Waals surface area contributed by atoms with Gasteiger partial charge in [0, 0.05) is 12.1 Å². The summed E-state index contributed by atoms with van der Waals surface area (Å²) in [5.74, 6) is -0.110. The highest BCUT2D eigenvalue weighted by molar-refractivity contribution is 5.90. The minimum absolute atomic E-state index is 0. The number of tetrazole rings is 1. The molecule has 2 rings (SSSR count). The molecule has 2 N–H and O–H groups in total. The molecule has 0 saturated carbocycles. The number of nitrogens with zero attached hydrogens (tertiary/aromatic N) is 4. The number of anilines is 1. The van der Waals surface area contributed by atoms with Crippen LogP contribution in [0, 0.1) is 12.7 Å². The highest BCUT2D eigenvalue weighted by atomic mass is 35.5. The molecule has 1 amide bonds. The average molecular weight is 329 g/mol. The van der Waals surface area contributed by atoms with Gasteiger partial charge >= 0.3 is 0 Å². The second kappa shape index (κ2) is 8.40. The first kappa shape index (κ1) is 18.0. The van der Waals surface area contributed by atoms with Crippen LogP contribution in [0.3, 0.4) is 0 Å². The maximum absolute atomic E-state index is 13.9. The van der Waals surface area contributed by atoms with Crippen LogP contribution in [-0.2, 0) is 4.79 Å². The lowest BCUT2D eigenvalue weighted by molar-refractivity contribution is -0.116. The molecule has 7 nitrogen and oxygen atoms in total. The third-order valence-corrected chi connectivity index (χ3v) is 2.91. The number of nitrogens with one attached hydrogen (secondary N) is 2. The fourth-order valence-electron chi connectivity index (χ4n) is 1.86. The summed E-state index contributed by atoms with van der Waals surface area (Å²) in [5.41, 5.74) is 0.710. The average Bonchev–Trinajstić information content (AvgIpc) is 2.87. The molecule has 22 heavy (non-hydrogen) atoms. The number of amides is 1. The Labute approximate surface area is 133 Å². The molecule has 0 radical (unpaired) electrons. The van der Waals surface area contributed by atoms with E-state index in [-0.39, 0.29) is 24.0 Å². The molecule has 0 unspecified atom stereocenters. The van der Waals surface area contributed by atoms with Crippen molar-refractivity contribution in [1.82, 2.24) is 25.5 Å². The SMILES string of the molecule is CNCCCC(=O)Nc1ccc(F)c(-n2nnnc2C)c1.Cl. The first-order valence-electron chi connectivity index (χ1n) is 6.61. The van der Waals surface area contributed by atoms with Crippen LogP contribution < -0.4 is 10.6 Å². The number of hydrogen-bond donors (Lipinski definition) is 2. The topological polar surface area (TPSA) is 84.7 Å². The summed E-state index contributed by atoms with van der Waals surface area (Å²) in [7, 11) is 1.83. The van der Waals surface area contributed by atoms with Gasteiger partial charge < -0.3 is 10.6 Å². The van der Waals surface area contributed by atoms with E-state index in [4.69, 9.17) is 0 Å². The summed E-state index contributed by atoms with van der Waals surface area (Å²) < 4.78 is 15.1. The van der Waals surface area contributed by atoms with E-state index in [9.17, 15) is 9.18 Å². The van der Waals surface area contributed by atoms with E-state index in [1.807, 2.05) is 7.05 Å². The summed E-state index contributed by atoms with van der Waals surface area (Å²) in [5, 5.41) is 16.6. The molecule has 0 aliphatic rings. The largest absolute Gasteiger partial charge is 0.326 e. The molecule has 1 heterocycles. The van der Waals surface area contributed by atoms with Gasteiger partial charge in [-0.1, -0.05) is 0 Å². The predicted octanol–water partition coefficient (Wildman–Crippen LogP) is 1.47. The lowest BCUT2D eigenvalue weighted by Crippen LogP contribution is -2.15. The van der Waals surface area contributed by atoms with E-state index in [2.05, 4.69) is 26.2 Å². The summed E-state index contributed by atoms with van der Waals surface area (Å²) >= 11 is 0. The van der Waals surface area contributed by atoms with E-state index in [1.165, 1.54) is 22.9 Å². The zero-order chi connectivity index (χ0) is 15.2. The van der Waals surface area contributed by atoms with Crippen molar-refractivity contribution < 1.29 is 9.18 Å². The molecule has 1 aromatic carbocycles. The Hall–Kier alpha value is -2.06. The van der Waals surface area contributed by atoms with Gasteiger partial charge in [0.25, 0.3) is 0 Å². The number of carbonyl (C=O) groups is 1. The molecule has 0 atom stereocenters. The number of carbonyl (C=O) groups excluding carboxylic acids is 1. The first-order chi connectivity index (χ1) is 10.1. The lowest BCUT2D eigenvalue weighted by Gasteiger charge is -2.09. The van der Waals surface area contributed by atoms with E-state index in [0.717, 1.165) is 13.0 Å². The van der Waals surface area contributed by atoms with Gasteiger partial charge in [0.1, 0.15) is 11.5 Å². The monoisotopic (exact) mass is 328 g/mol. The second-order valence-corrected chi connectivity index (χ2v) is 4.56. The zero-order valence-corrected chi connectivity index (χ0v) is 13.2. The maximum atomic E-state index is 13.9. The van der Waals surface area contributed by atoms with Crippen molar-refractivity contribution in [3.63, 3.8) is 0 Å². The van der Waals surface area contributed by atoms with Crippen LogP contribution in [0.4, 0.5) is 10.1 Å². The molecule has 2 aromatic rings. The Morgan fingerprint density at radius 1 is 1.41 bits per heavy atom. The van der Waals surface area contributed by atoms with Gasteiger partial charge in [-0.15, -0.1) is 17.5 Å². The van der Waals surface area contributed by atoms with Gasteiger partial charge in [-0.05, 0) is 55.6 Å². The van der Waals surface area contributed by atoms with E-state index >= 15 is 0 Å². The molecule has 0 saturated heterocycles. The van der Waals surface area contributed by atoms with Crippen molar-refractivity contribution in [2.45, 2.75) is 19.8 Å². The van der Waals surface area contributed by atoms with Crippen LogP contribution in [0.5, 0.6) is 0 Å². The summed E-state index contributed by atoms with van der Waals surface area (Å²) in [6.07, 6.45) is 1.14. The molecule has 0 aliphatic carbocycles. The van der Waals surface area contributed by atoms with Gasteiger partial charge in [0.05, 0.1) is 0 Å². The van der Waals surface area contributed by atoms with Crippen LogP contribution in [0.2, 0.25) is 0 Å². The van der Waals surface area contributed by atoms with Crippen molar-refractivity contribution in [1.29, 1.82) is 0 Å². The van der Waals surface area contributed by atoms with Gasteiger partial charge in [0.2, 0.25) is 5.91 Å². The minimum Gasteiger partial charge on any atom is -0.326 e. The first-order valence-corrected chi connectivity index (χ1v) is 6.61. The van der Waals surface area contributed by atoms with Gasteiger partial charge in [-0.2, -0.15) is 4.68 Å². The molecule has 0 aliphatic heterocycles. The Kier molecular flexibility index (Phi) is 6.87. The third kappa shape index (κ3) is 4.47. The fourth-order valence-corrected chi connectivity index (χ4v) is 1.86. The van der Waals surface area contributed by atoms with Crippen molar-refractivity contribution in [3.8, 4) is 5.69 Å². The summed E-state index contributed by atoms with van der Waals surface area (Å²) in [6.45, 7) is 2.44. The quantitative estimate of drug-likeness (QED) is 0.784. The van der Waals surface area contributed by atoms with Crippen LogP contribution in [0.25, 0.3) is 5.69 Å². The standard InChI is InChI=1S/C13H17FN6O.ClH/c1-9-17-18-19-20(9)12-8-10(5-6-11(12)14)16-13(21)4-3-7-15-2;/h5-6,8,15H,3-4,7H2,1-2H3,(H,16,21);1H. The van der Waals surface area contributed by atoms with Crippen molar-refractivity contribution in [2.75, 3.05) is 18.9 Å². The number of aryl methyl sites for hydroxylation is 1. The maximum Gasteiger partial charge on any atom is 0.224 e. The number of aromatic nitrogens is 4. The van der Waals surface area contributed by atoms with E-state index in [1.54, 1.807) is 6.92 Å². The number of halogens is 2. The van der Waals surface area contributed by atoms with Crippen molar-refractivity contribution in [3.05, 3.63) is 29.8 Å². The lowest BCUT2D eigenvalue weighted by atomic mass is 10.2. The van der Waals surface area contributed by atoms with Crippen LogP contribution in [-0.4, -0.2) is 39.7 Å². The molecule has 9 heteroatoms. The minimum atomic E-state index is -0.460. The highest BCUT2D eigenvalue weighted by Crippen LogP contribution is 2.19. The zero-order valence-electron chi connectivity index (χ0n) is 12.3. The van der Waals surface area contributed by atoms with Gasteiger partial charge in [0.15, 0.2) is 5.82 Å². The summed E-state index contributed by atoms with van der Waals surface area (Å²) in [6, 6.07) is 4.29. The van der Waals surface area contributed by atoms with Gasteiger partial charge in [-0.3, -0.25) is 4.79 Å². The number of hydrogen-bond acceptors (Lipinski definition) is 5. The third-order valence-electron chi connectivity index (χ3n) is 2.91. The van der Waals surface area contributed by atoms with Crippen molar-refractivity contribution in [2.24, 2.45) is 0 Å². The Morgan fingerprint density at radius 2 is 2.18 bits per heavy atom. The molecule has 1 aromatic heterocycles. The smallest absolute Gasteiger partial charge is 0.224 e. The van der Waals surface area contributed by atoms with Crippen LogP contribution in [0.15, 0.2) is 18.2 Å². The van der Waals surface area contributed by atoms with Gasteiger partial charge in [-0.25, -0.2) is 4.39 Å². The normalized spacial score (nSPS) is 10.1. The Morgan fingerprint density at radius 3 is 2.82 bits per heavy atom. The van der Waals surface area contributed by atoms with Crippen LogP contribution in [0.1, 0.15) is 18.7 Å². The predicted molar refractivity (Wildman–Crippen MR) is 82.9 cm³/mol. The van der Waals surface area contributed by atoms with Crippen LogP contribution >= 0.6 is 12.4 Å². The van der Waals surface area contributed by atoms with E-state index in [0.29, 0.717) is 17.9 Å². The molecule has 120 valence electrons.